The Hall–Kier alpha value is -1.82. The molecule has 16 heavy (non-hydrogen) atoms. The van der Waals surface area contributed by atoms with Gasteiger partial charge in [0.15, 0.2) is 11.5 Å². The van der Waals surface area contributed by atoms with Crippen LogP contribution < -0.4 is 9.47 Å². The molecule has 0 spiro atoms. The third kappa shape index (κ3) is 1.79. The summed E-state index contributed by atoms with van der Waals surface area (Å²) in [4.78, 5) is 10.4. The molecule has 0 aromatic heterocycles. The number of nitro benzene ring substituents is 1. The summed E-state index contributed by atoms with van der Waals surface area (Å²) in [5, 5.41) is 10.9. The van der Waals surface area contributed by atoms with Gasteiger partial charge in [-0.2, -0.15) is 0 Å². The van der Waals surface area contributed by atoms with Crippen molar-refractivity contribution < 1.29 is 19.1 Å². The lowest BCUT2D eigenvalue weighted by atomic mass is 10.1. The lowest BCUT2D eigenvalue weighted by Gasteiger charge is -2.09. The maximum absolute atomic E-state index is 10.9. The number of benzene rings is 1. The number of hydrogen-bond donors (Lipinski definition) is 0. The molecule has 1 aromatic rings. The third-order valence-electron chi connectivity index (χ3n) is 2.41. The van der Waals surface area contributed by atoms with Gasteiger partial charge in [0.05, 0.1) is 37.4 Å². The van der Waals surface area contributed by atoms with Gasteiger partial charge in [-0.3, -0.25) is 10.1 Å². The van der Waals surface area contributed by atoms with Gasteiger partial charge in [0.1, 0.15) is 6.10 Å². The molecular formula is C10H11NO5. The Bertz CT molecular complexity index is 427. The van der Waals surface area contributed by atoms with Crippen LogP contribution in [-0.4, -0.2) is 25.7 Å². The molecular weight excluding hydrogens is 214 g/mol. The maximum atomic E-state index is 10.9. The van der Waals surface area contributed by atoms with E-state index < -0.39 is 4.92 Å². The highest BCUT2D eigenvalue weighted by Crippen LogP contribution is 2.42. The topological polar surface area (TPSA) is 74.1 Å². The molecule has 1 atom stereocenters. The predicted molar refractivity (Wildman–Crippen MR) is 54.9 cm³/mol. The van der Waals surface area contributed by atoms with E-state index in [1.807, 2.05) is 0 Å². The lowest BCUT2D eigenvalue weighted by Crippen LogP contribution is -1.98. The van der Waals surface area contributed by atoms with E-state index in [2.05, 4.69) is 0 Å². The van der Waals surface area contributed by atoms with Crippen LogP contribution in [0.1, 0.15) is 11.7 Å². The normalized spacial score (nSPS) is 18.0. The second-order valence-electron chi connectivity index (χ2n) is 3.35. The summed E-state index contributed by atoms with van der Waals surface area (Å²) in [6.07, 6.45) is -0.194. The zero-order chi connectivity index (χ0) is 11.7. The Morgan fingerprint density at radius 3 is 2.38 bits per heavy atom. The molecule has 0 saturated carbocycles. The lowest BCUT2D eigenvalue weighted by molar-refractivity contribution is -0.385. The summed E-state index contributed by atoms with van der Waals surface area (Å²) >= 11 is 0. The summed E-state index contributed by atoms with van der Waals surface area (Å²) in [5.41, 5.74) is 0.530. The highest BCUT2D eigenvalue weighted by Gasteiger charge is 2.33. The molecule has 6 heteroatoms. The maximum Gasteiger partial charge on any atom is 0.279 e. The Labute approximate surface area is 91.9 Å². The van der Waals surface area contributed by atoms with Gasteiger partial charge < -0.3 is 14.2 Å². The first-order valence-electron chi connectivity index (χ1n) is 4.69. The van der Waals surface area contributed by atoms with Crippen molar-refractivity contribution >= 4 is 5.69 Å². The fourth-order valence-electron chi connectivity index (χ4n) is 1.53. The van der Waals surface area contributed by atoms with Crippen molar-refractivity contribution in [3.05, 3.63) is 27.8 Å². The van der Waals surface area contributed by atoms with Gasteiger partial charge in [0.25, 0.3) is 5.69 Å². The number of nitro groups is 1. The van der Waals surface area contributed by atoms with E-state index in [-0.39, 0.29) is 11.8 Å². The van der Waals surface area contributed by atoms with E-state index in [9.17, 15) is 10.1 Å². The molecule has 1 fully saturated rings. The van der Waals surface area contributed by atoms with Crippen molar-refractivity contribution in [1.82, 2.24) is 0 Å². The first kappa shape index (κ1) is 10.7. The van der Waals surface area contributed by atoms with Gasteiger partial charge in [0, 0.05) is 0 Å². The van der Waals surface area contributed by atoms with E-state index in [1.54, 1.807) is 6.07 Å². The molecule has 1 aliphatic heterocycles. The van der Waals surface area contributed by atoms with Crippen LogP contribution in [0.4, 0.5) is 5.69 Å². The van der Waals surface area contributed by atoms with Crippen molar-refractivity contribution in [2.45, 2.75) is 6.10 Å². The largest absolute Gasteiger partial charge is 0.493 e. The number of nitrogens with zero attached hydrogens (tertiary/aromatic N) is 1. The van der Waals surface area contributed by atoms with Gasteiger partial charge in [-0.25, -0.2) is 0 Å². The van der Waals surface area contributed by atoms with Crippen molar-refractivity contribution in [2.24, 2.45) is 0 Å². The Balaban J connectivity index is 2.53. The standard InChI is InChI=1S/C10H11NO5/c1-14-8-3-6(10-5-16-10)7(11(12)13)4-9(8)15-2/h3-4,10H,5H2,1-2H3/t10-/m0/s1. The molecule has 0 N–H and O–H groups in total. The molecule has 2 rings (SSSR count). The van der Waals surface area contributed by atoms with Crippen LogP contribution in [0.15, 0.2) is 12.1 Å². The molecule has 86 valence electrons. The van der Waals surface area contributed by atoms with Crippen molar-refractivity contribution in [2.75, 3.05) is 20.8 Å². The number of hydrogen-bond acceptors (Lipinski definition) is 5. The summed E-state index contributed by atoms with van der Waals surface area (Å²) in [7, 11) is 2.93. The second kappa shape index (κ2) is 3.97. The number of methoxy groups -OCH3 is 2. The monoisotopic (exact) mass is 225 g/mol. The van der Waals surface area contributed by atoms with Gasteiger partial charge in [-0.1, -0.05) is 0 Å². The molecule has 6 nitrogen and oxygen atoms in total. The van der Waals surface area contributed by atoms with E-state index >= 15 is 0 Å². The summed E-state index contributed by atoms with van der Waals surface area (Å²) in [6, 6.07) is 2.95. The highest BCUT2D eigenvalue weighted by atomic mass is 16.6. The van der Waals surface area contributed by atoms with Crippen LogP contribution in [0, 0.1) is 10.1 Å². The first-order chi connectivity index (χ1) is 7.67. The van der Waals surface area contributed by atoms with Crippen LogP contribution in [0.25, 0.3) is 0 Å². The van der Waals surface area contributed by atoms with Gasteiger partial charge in [-0.15, -0.1) is 0 Å². The molecule has 1 aromatic carbocycles. The number of epoxide rings is 1. The van der Waals surface area contributed by atoms with E-state index in [0.29, 0.717) is 23.7 Å². The van der Waals surface area contributed by atoms with Crippen molar-refractivity contribution in [3.8, 4) is 11.5 Å². The minimum atomic E-state index is -0.445. The van der Waals surface area contributed by atoms with Crippen LogP contribution in [0.2, 0.25) is 0 Å². The minimum Gasteiger partial charge on any atom is -0.493 e. The van der Waals surface area contributed by atoms with Crippen LogP contribution in [-0.2, 0) is 4.74 Å². The van der Waals surface area contributed by atoms with Gasteiger partial charge in [-0.05, 0) is 6.07 Å². The fraction of sp³-hybridized carbons (Fsp3) is 0.400. The molecule has 1 heterocycles. The van der Waals surface area contributed by atoms with E-state index in [0.717, 1.165) is 0 Å². The number of rotatable bonds is 4. The van der Waals surface area contributed by atoms with Crippen LogP contribution in [0.3, 0.4) is 0 Å². The smallest absolute Gasteiger partial charge is 0.279 e. The first-order valence-corrected chi connectivity index (χ1v) is 4.69. The summed E-state index contributed by atoms with van der Waals surface area (Å²) in [6.45, 7) is 0.510. The molecule has 1 saturated heterocycles. The second-order valence-corrected chi connectivity index (χ2v) is 3.35. The highest BCUT2D eigenvalue weighted by molar-refractivity contribution is 5.55. The Morgan fingerprint density at radius 1 is 1.38 bits per heavy atom. The zero-order valence-corrected chi connectivity index (χ0v) is 8.93. The third-order valence-corrected chi connectivity index (χ3v) is 2.41. The van der Waals surface area contributed by atoms with E-state index in [4.69, 9.17) is 14.2 Å². The van der Waals surface area contributed by atoms with E-state index in [1.165, 1.54) is 20.3 Å². The van der Waals surface area contributed by atoms with Crippen molar-refractivity contribution in [3.63, 3.8) is 0 Å². The molecule has 0 bridgehead atoms. The minimum absolute atomic E-state index is 0.000139. The molecule has 0 amide bonds. The Morgan fingerprint density at radius 2 is 1.94 bits per heavy atom. The Kier molecular flexibility index (Phi) is 2.66. The molecule has 0 radical (unpaired) electrons. The fourth-order valence-corrected chi connectivity index (χ4v) is 1.53. The van der Waals surface area contributed by atoms with Gasteiger partial charge in [0.2, 0.25) is 0 Å². The quantitative estimate of drug-likeness (QED) is 0.442. The van der Waals surface area contributed by atoms with Crippen LogP contribution >= 0.6 is 0 Å². The average molecular weight is 225 g/mol. The number of ether oxygens (including phenoxy) is 3. The molecule has 0 aliphatic carbocycles. The zero-order valence-electron chi connectivity index (χ0n) is 8.93. The SMILES string of the molecule is COc1cc([C@@H]2CO2)c([N+](=O)[O-])cc1OC. The summed E-state index contributed by atoms with van der Waals surface area (Å²) < 4.78 is 15.2. The van der Waals surface area contributed by atoms with Crippen molar-refractivity contribution in [1.29, 1.82) is 0 Å². The van der Waals surface area contributed by atoms with Gasteiger partial charge >= 0.3 is 0 Å². The molecule has 0 unspecified atom stereocenters. The summed E-state index contributed by atoms with van der Waals surface area (Å²) in [5.74, 6) is 0.817. The predicted octanol–water partition coefficient (Wildman–Crippen LogP) is 1.68. The molecule has 1 aliphatic rings. The average Bonchev–Trinajstić information content (AvgIpc) is 3.10. The van der Waals surface area contributed by atoms with Crippen LogP contribution in [0.5, 0.6) is 11.5 Å².